The number of hydrogen-bond acceptors (Lipinski definition) is 1. The van der Waals surface area contributed by atoms with E-state index >= 15 is 0 Å². The standard InChI is InChI=1S/C13H25O/c1-2-4-6-8-10-12-14-13-11-9-7-5-3-1/h2H,1,3-13H2. The van der Waals surface area contributed by atoms with Crippen molar-refractivity contribution >= 4 is 0 Å². The fourth-order valence-corrected chi connectivity index (χ4v) is 1.94. The monoisotopic (exact) mass is 197 g/mol. The minimum absolute atomic E-state index is 0.986. The predicted molar refractivity (Wildman–Crippen MR) is 61.3 cm³/mol. The van der Waals surface area contributed by atoms with Crippen molar-refractivity contribution in [1.82, 2.24) is 0 Å². The Kier molecular flexibility index (Phi) is 8.18. The summed E-state index contributed by atoms with van der Waals surface area (Å²) in [6.45, 7) is 1.98. The molecule has 1 rings (SSSR count). The van der Waals surface area contributed by atoms with Crippen LogP contribution >= 0.6 is 0 Å². The SMILES string of the molecule is [CH]1CCCCCCCOCCCCC1. The van der Waals surface area contributed by atoms with E-state index in [1.54, 1.807) is 0 Å². The number of rotatable bonds is 0. The van der Waals surface area contributed by atoms with E-state index in [0.717, 1.165) is 13.2 Å². The van der Waals surface area contributed by atoms with Gasteiger partial charge in [0.25, 0.3) is 0 Å². The summed E-state index contributed by atoms with van der Waals surface area (Å²) in [6.07, 6.45) is 16.0. The zero-order valence-electron chi connectivity index (χ0n) is 9.47. The molecule has 0 unspecified atom stereocenters. The first-order valence-electron chi connectivity index (χ1n) is 6.39. The third kappa shape index (κ3) is 7.37. The Morgan fingerprint density at radius 3 is 1.79 bits per heavy atom. The number of ether oxygens (including phenoxy) is 1. The summed E-state index contributed by atoms with van der Waals surface area (Å²) in [5.74, 6) is 0. The van der Waals surface area contributed by atoms with Crippen molar-refractivity contribution in [3.8, 4) is 0 Å². The molecule has 0 bridgehead atoms. The molecule has 1 saturated heterocycles. The molecule has 0 aromatic rings. The first-order valence-corrected chi connectivity index (χ1v) is 6.39. The van der Waals surface area contributed by atoms with Gasteiger partial charge in [0.15, 0.2) is 0 Å². The number of hydrogen-bond donors (Lipinski definition) is 0. The van der Waals surface area contributed by atoms with E-state index < -0.39 is 0 Å². The lowest BCUT2D eigenvalue weighted by Gasteiger charge is -2.06. The molecule has 0 aromatic carbocycles. The van der Waals surface area contributed by atoms with Crippen LogP contribution in [0.1, 0.15) is 64.2 Å². The van der Waals surface area contributed by atoms with E-state index in [1.165, 1.54) is 64.2 Å². The smallest absolute Gasteiger partial charge is 0.0466 e. The second-order valence-electron chi connectivity index (χ2n) is 4.31. The van der Waals surface area contributed by atoms with Crippen molar-refractivity contribution in [3.63, 3.8) is 0 Å². The molecule has 1 aliphatic rings. The molecule has 0 amide bonds. The van der Waals surface area contributed by atoms with Gasteiger partial charge in [-0.25, -0.2) is 0 Å². The van der Waals surface area contributed by atoms with Gasteiger partial charge >= 0.3 is 0 Å². The molecule has 0 spiro atoms. The highest BCUT2D eigenvalue weighted by Gasteiger charge is 1.96. The average Bonchev–Trinajstić information content (AvgIpc) is 2.22. The van der Waals surface area contributed by atoms with Crippen LogP contribution in [0, 0.1) is 6.42 Å². The maximum Gasteiger partial charge on any atom is 0.0466 e. The average molecular weight is 197 g/mol. The van der Waals surface area contributed by atoms with E-state index in [2.05, 4.69) is 6.42 Å². The van der Waals surface area contributed by atoms with Crippen molar-refractivity contribution in [2.75, 3.05) is 13.2 Å². The van der Waals surface area contributed by atoms with E-state index in [1.807, 2.05) is 0 Å². The van der Waals surface area contributed by atoms with Gasteiger partial charge in [-0.1, -0.05) is 51.4 Å². The molecule has 1 heteroatoms. The molecule has 1 fully saturated rings. The van der Waals surface area contributed by atoms with Crippen LogP contribution in [0.25, 0.3) is 0 Å². The molecule has 1 aliphatic heterocycles. The lowest BCUT2D eigenvalue weighted by atomic mass is 10.1. The van der Waals surface area contributed by atoms with Gasteiger partial charge in [-0.15, -0.1) is 0 Å². The summed E-state index contributed by atoms with van der Waals surface area (Å²) in [5, 5.41) is 0. The first kappa shape index (κ1) is 12.0. The van der Waals surface area contributed by atoms with Gasteiger partial charge in [-0.3, -0.25) is 0 Å². The van der Waals surface area contributed by atoms with E-state index in [4.69, 9.17) is 4.74 Å². The quantitative estimate of drug-likeness (QED) is 0.567. The Labute approximate surface area is 89.2 Å². The molecule has 0 aliphatic carbocycles. The molecule has 0 aromatic heterocycles. The third-order valence-corrected chi connectivity index (χ3v) is 2.89. The largest absolute Gasteiger partial charge is 0.381 e. The minimum atomic E-state index is 0.986. The Hall–Kier alpha value is -0.0400. The van der Waals surface area contributed by atoms with Gasteiger partial charge in [0.2, 0.25) is 0 Å². The fourth-order valence-electron chi connectivity index (χ4n) is 1.94. The zero-order valence-corrected chi connectivity index (χ0v) is 9.47. The molecule has 0 N–H and O–H groups in total. The normalized spacial score (nSPS) is 24.0. The summed E-state index contributed by atoms with van der Waals surface area (Å²) in [6, 6.07) is 0. The van der Waals surface area contributed by atoms with Gasteiger partial charge < -0.3 is 4.74 Å². The first-order chi connectivity index (χ1) is 7.00. The molecule has 14 heavy (non-hydrogen) atoms. The van der Waals surface area contributed by atoms with E-state index in [0.29, 0.717) is 0 Å². The van der Waals surface area contributed by atoms with Gasteiger partial charge in [-0.2, -0.15) is 0 Å². The Bertz CT molecular complexity index is 58.5. The Balaban J connectivity index is 2.00. The summed E-state index contributed by atoms with van der Waals surface area (Å²) in [7, 11) is 0. The molecular formula is C13H25O. The van der Waals surface area contributed by atoms with E-state index in [9.17, 15) is 0 Å². The van der Waals surface area contributed by atoms with Crippen LogP contribution < -0.4 is 0 Å². The highest BCUT2D eigenvalue weighted by Crippen LogP contribution is 2.11. The Morgan fingerprint density at radius 1 is 0.571 bits per heavy atom. The molecule has 83 valence electrons. The predicted octanol–water partition coefficient (Wildman–Crippen LogP) is 4.12. The minimum Gasteiger partial charge on any atom is -0.381 e. The van der Waals surface area contributed by atoms with Crippen LogP contribution in [0.3, 0.4) is 0 Å². The molecular weight excluding hydrogens is 172 g/mol. The van der Waals surface area contributed by atoms with Crippen molar-refractivity contribution in [1.29, 1.82) is 0 Å². The summed E-state index contributed by atoms with van der Waals surface area (Å²) >= 11 is 0. The maximum atomic E-state index is 5.57. The van der Waals surface area contributed by atoms with Crippen LogP contribution in [0.5, 0.6) is 0 Å². The summed E-state index contributed by atoms with van der Waals surface area (Å²) in [5.41, 5.74) is 0. The van der Waals surface area contributed by atoms with Crippen molar-refractivity contribution in [2.24, 2.45) is 0 Å². The second kappa shape index (κ2) is 9.51. The fraction of sp³-hybridized carbons (Fsp3) is 0.923. The van der Waals surface area contributed by atoms with Crippen LogP contribution in [0.15, 0.2) is 0 Å². The zero-order chi connectivity index (χ0) is 9.90. The lowest BCUT2D eigenvalue weighted by Crippen LogP contribution is -1.97. The third-order valence-electron chi connectivity index (χ3n) is 2.89. The summed E-state index contributed by atoms with van der Waals surface area (Å²) < 4.78 is 5.57. The van der Waals surface area contributed by atoms with Gasteiger partial charge in [0, 0.05) is 13.2 Å². The van der Waals surface area contributed by atoms with Crippen molar-refractivity contribution in [2.45, 2.75) is 64.2 Å². The van der Waals surface area contributed by atoms with Gasteiger partial charge in [0.05, 0.1) is 0 Å². The van der Waals surface area contributed by atoms with Crippen LogP contribution in [-0.2, 0) is 4.74 Å². The molecule has 0 saturated carbocycles. The van der Waals surface area contributed by atoms with Gasteiger partial charge in [-0.05, 0) is 19.3 Å². The van der Waals surface area contributed by atoms with Crippen molar-refractivity contribution < 1.29 is 4.74 Å². The molecule has 0 atom stereocenters. The van der Waals surface area contributed by atoms with E-state index in [-0.39, 0.29) is 0 Å². The van der Waals surface area contributed by atoms with Crippen LogP contribution in [0.4, 0.5) is 0 Å². The maximum absolute atomic E-state index is 5.57. The highest BCUT2D eigenvalue weighted by atomic mass is 16.5. The molecule has 1 radical (unpaired) electrons. The van der Waals surface area contributed by atoms with Gasteiger partial charge in [0.1, 0.15) is 0 Å². The van der Waals surface area contributed by atoms with Crippen LogP contribution in [-0.4, -0.2) is 13.2 Å². The lowest BCUT2D eigenvalue weighted by molar-refractivity contribution is 0.125. The second-order valence-corrected chi connectivity index (χ2v) is 4.31. The molecule has 1 nitrogen and oxygen atoms in total. The van der Waals surface area contributed by atoms with Crippen molar-refractivity contribution in [3.05, 3.63) is 6.42 Å². The molecule has 1 heterocycles. The summed E-state index contributed by atoms with van der Waals surface area (Å²) in [4.78, 5) is 0. The highest BCUT2D eigenvalue weighted by molar-refractivity contribution is 4.64. The topological polar surface area (TPSA) is 9.23 Å². The Morgan fingerprint density at radius 2 is 1.07 bits per heavy atom. The van der Waals surface area contributed by atoms with Crippen LogP contribution in [0.2, 0.25) is 0 Å².